The molecule has 0 bridgehead atoms. The Balaban J connectivity index is 2.74. The molecular weight excluding hydrogens is 322 g/mol. The second-order valence-corrected chi connectivity index (χ2v) is 6.44. The number of hydrogen-bond donors (Lipinski definition) is 3. The monoisotopic (exact) mass is 342 g/mol. The summed E-state index contributed by atoms with van der Waals surface area (Å²) in [6, 6.07) is 4.02. The van der Waals surface area contributed by atoms with E-state index in [1.54, 1.807) is 33.8 Å². The summed E-state index contributed by atoms with van der Waals surface area (Å²) < 4.78 is 5.78. The average Bonchev–Trinajstić information content (AvgIpc) is 2.28. The fraction of sp³-hybridized carbons (Fsp3) is 0.500. The molecule has 0 radical (unpaired) electrons. The van der Waals surface area contributed by atoms with Gasteiger partial charge in [0.05, 0.1) is 6.04 Å². The quantitative estimate of drug-likeness (QED) is 0.789. The summed E-state index contributed by atoms with van der Waals surface area (Å²) in [6.45, 7) is 6.95. The van der Waals surface area contributed by atoms with Crippen LogP contribution < -0.4 is 5.32 Å². The number of rotatable bonds is 3. The number of aliphatic hydroxyl groups is 1. The van der Waals surface area contributed by atoms with Crippen LogP contribution in [0, 0.1) is 0 Å². The molecule has 3 N–H and O–H groups in total. The lowest BCUT2D eigenvalue weighted by atomic mass is 10.0. The van der Waals surface area contributed by atoms with Crippen molar-refractivity contribution in [1.82, 2.24) is 5.32 Å². The molecule has 0 aromatic heterocycles. The van der Waals surface area contributed by atoms with Crippen molar-refractivity contribution >= 4 is 22.0 Å². The first kappa shape index (κ1) is 16.8. The minimum atomic E-state index is -0.969. The lowest BCUT2D eigenvalue weighted by molar-refractivity contribution is 0.0435. The number of aliphatic hydroxyl groups excluding tert-OH is 1. The Hall–Kier alpha value is -1.27. The van der Waals surface area contributed by atoms with Crippen molar-refractivity contribution in [3.8, 4) is 5.75 Å². The van der Waals surface area contributed by atoms with Gasteiger partial charge in [-0.25, -0.2) is 4.79 Å². The van der Waals surface area contributed by atoms with Gasteiger partial charge in [0.2, 0.25) is 0 Å². The van der Waals surface area contributed by atoms with Gasteiger partial charge in [0.15, 0.2) is 0 Å². The van der Waals surface area contributed by atoms with Crippen LogP contribution in [0.3, 0.4) is 0 Å². The summed E-state index contributed by atoms with van der Waals surface area (Å²) in [7, 11) is 0. The number of carbonyl (C=O) groups excluding carboxylic acids is 1. The number of carbonyl (C=O) groups is 1. The van der Waals surface area contributed by atoms with Gasteiger partial charge in [-0.2, -0.15) is 0 Å². The molecule has 0 unspecified atom stereocenters. The number of alkyl carbamates (subject to hydrolysis) is 1. The summed E-state index contributed by atoms with van der Waals surface area (Å²) in [4.78, 5) is 11.7. The van der Waals surface area contributed by atoms with Crippen LogP contribution in [0.5, 0.6) is 5.75 Å². The zero-order valence-corrected chi connectivity index (χ0v) is 13.6. The molecule has 1 rings (SSSR count). The lowest BCUT2D eigenvalue weighted by Crippen LogP contribution is -2.40. The lowest BCUT2D eigenvalue weighted by Gasteiger charge is -2.25. The predicted molar refractivity (Wildman–Crippen MR) is 79.6 cm³/mol. The minimum absolute atomic E-state index is 0.0479. The Morgan fingerprint density at radius 1 is 1.40 bits per heavy atom. The average molecular weight is 342 g/mol. The molecule has 0 aliphatic heterocycles. The van der Waals surface area contributed by atoms with Crippen LogP contribution in [0.15, 0.2) is 22.7 Å². The van der Waals surface area contributed by atoms with Crippen molar-refractivity contribution in [2.75, 3.05) is 0 Å². The van der Waals surface area contributed by atoms with Crippen molar-refractivity contribution in [1.29, 1.82) is 0 Å². The topological polar surface area (TPSA) is 78.8 Å². The minimum Gasteiger partial charge on any atom is -0.508 e. The van der Waals surface area contributed by atoms with Gasteiger partial charge in [-0.3, -0.25) is 0 Å². The summed E-state index contributed by atoms with van der Waals surface area (Å²) in [5, 5.41) is 22.3. The third-order valence-corrected chi connectivity index (χ3v) is 3.24. The highest BCUT2D eigenvalue weighted by molar-refractivity contribution is 9.10. The molecule has 0 aliphatic carbocycles. The Bertz CT molecular complexity index is 485. The molecule has 0 spiro atoms. The first-order valence-electron chi connectivity index (χ1n) is 6.26. The summed E-state index contributed by atoms with van der Waals surface area (Å²) in [5.41, 5.74) is -0.103. The SMILES string of the molecule is C[C@H](NC(=O)OC(C)(C)C)[C@H](O)c1cc(O)ccc1[76Br]. The van der Waals surface area contributed by atoms with E-state index in [1.807, 2.05) is 0 Å². The van der Waals surface area contributed by atoms with Crippen LogP contribution in [0.1, 0.15) is 39.4 Å². The van der Waals surface area contributed by atoms with Gasteiger partial charge in [0.25, 0.3) is 0 Å². The van der Waals surface area contributed by atoms with Crippen LogP contribution in [0.4, 0.5) is 4.79 Å². The van der Waals surface area contributed by atoms with Crippen LogP contribution in [0.2, 0.25) is 0 Å². The largest absolute Gasteiger partial charge is 0.508 e. The van der Waals surface area contributed by atoms with Crippen molar-refractivity contribution in [2.24, 2.45) is 0 Å². The van der Waals surface area contributed by atoms with E-state index in [-0.39, 0.29) is 5.75 Å². The predicted octanol–water partition coefficient (Wildman–Crippen LogP) is 3.10. The second-order valence-electron chi connectivity index (χ2n) is 5.59. The molecule has 0 saturated carbocycles. The van der Waals surface area contributed by atoms with E-state index in [4.69, 9.17) is 4.74 Å². The van der Waals surface area contributed by atoms with E-state index < -0.39 is 23.8 Å². The Morgan fingerprint density at radius 2 is 2.00 bits per heavy atom. The molecule has 5 nitrogen and oxygen atoms in total. The van der Waals surface area contributed by atoms with Gasteiger partial charge < -0.3 is 20.3 Å². The molecule has 6 heteroatoms. The summed E-state index contributed by atoms with van der Waals surface area (Å²) in [6.07, 6.45) is -1.57. The number of aromatic hydroxyl groups is 1. The molecule has 0 heterocycles. The molecule has 1 aromatic rings. The van der Waals surface area contributed by atoms with Crippen LogP contribution in [-0.2, 0) is 4.74 Å². The number of ether oxygens (including phenoxy) is 1. The van der Waals surface area contributed by atoms with Crippen molar-refractivity contribution in [3.63, 3.8) is 0 Å². The summed E-state index contributed by atoms with van der Waals surface area (Å²) >= 11 is 3.30. The fourth-order valence-corrected chi connectivity index (χ4v) is 2.08. The molecular formula is C14H20BrNO4. The number of phenolic OH excluding ortho intramolecular Hbond substituents is 1. The van der Waals surface area contributed by atoms with Crippen molar-refractivity contribution < 1.29 is 19.7 Å². The highest BCUT2D eigenvalue weighted by Gasteiger charge is 2.23. The molecule has 0 aliphatic rings. The Morgan fingerprint density at radius 3 is 2.55 bits per heavy atom. The normalized spacial score (nSPS) is 14.5. The molecule has 0 fully saturated rings. The first-order valence-corrected chi connectivity index (χ1v) is 7.05. The van der Waals surface area contributed by atoms with E-state index in [0.29, 0.717) is 10.0 Å². The Labute approximate surface area is 127 Å². The van der Waals surface area contributed by atoms with Crippen molar-refractivity contribution in [3.05, 3.63) is 28.2 Å². The zero-order chi connectivity index (χ0) is 15.5. The maximum Gasteiger partial charge on any atom is 0.407 e. The van der Waals surface area contributed by atoms with Gasteiger partial charge in [0, 0.05) is 10.0 Å². The van der Waals surface area contributed by atoms with Crippen LogP contribution in [-0.4, -0.2) is 27.9 Å². The number of nitrogens with one attached hydrogen (secondary N) is 1. The molecule has 1 aromatic carbocycles. The molecule has 112 valence electrons. The molecule has 1 amide bonds. The van der Waals surface area contributed by atoms with Gasteiger partial charge >= 0.3 is 6.09 Å². The first-order chi connectivity index (χ1) is 9.10. The highest BCUT2D eigenvalue weighted by atomic mass is 75.9. The molecule has 20 heavy (non-hydrogen) atoms. The number of halogens is 1. The van der Waals surface area contributed by atoms with E-state index in [9.17, 15) is 15.0 Å². The Kier molecular flexibility index (Phi) is 5.42. The third kappa shape index (κ3) is 5.02. The maximum atomic E-state index is 11.7. The number of phenols is 1. The molecule has 2 atom stereocenters. The fourth-order valence-electron chi connectivity index (χ4n) is 1.60. The maximum absolute atomic E-state index is 11.7. The van der Waals surface area contributed by atoms with Crippen molar-refractivity contribution in [2.45, 2.75) is 45.4 Å². The van der Waals surface area contributed by atoms with Gasteiger partial charge in [-0.1, -0.05) is 15.9 Å². The standard InChI is InChI=1S/C14H20BrNO4/c1-8(16-13(19)20-14(2,3)4)12(18)10-7-9(17)5-6-11(10)15/h5-8,12,17-18H,1-4H3,(H,16,19)/t8-,12-/m0/s1/i15-4. The number of hydrogen-bond acceptors (Lipinski definition) is 4. The van der Waals surface area contributed by atoms with Crippen LogP contribution in [0.25, 0.3) is 0 Å². The van der Waals surface area contributed by atoms with E-state index >= 15 is 0 Å². The number of benzene rings is 1. The van der Waals surface area contributed by atoms with E-state index in [0.717, 1.165) is 0 Å². The van der Waals surface area contributed by atoms with E-state index in [1.165, 1.54) is 12.1 Å². The zero-order valence-electron chi connectivity index (χ0n) is 12.0. The number of amides is 1. The smallest absolute Gasteiger partial charge is 0.407 e. The highest BCUT2D eigenvalue weighted by Crippen LogP contribution is 2.29. The molecule has 0 saturated heterocycles. The van der Waals surface area contributed by atoms with E-state index in [2.05, 4.69) is 21.2 Å². The summed E-state index contributed by atoms with van der Waals surface area (Å²) in [5.74, 6) is 0.0479. The van der Waals surface area contributed by atoms with Gasteiger partial charge in [-0.05, 0) is 45.9 Å². The van der Waals surface area contributed by atoms with Gasteiger partial charge in [0.1, 0.15) is 17.5 Å². The third-order valence-electron chi connectivity index (χ3n) is 2.52. The van der Waals surface area contributed by atoms with Crippen LogP contribution >= 0.6 is 15.9 Å². The second kappa shape index (κ2) is 6.45. The van der Waals surface area contributed by atoms with Gasteiger partial charge in [-0.15, -0.1) is 0 Å².